The number of hydrogen-bond donors (Lipinski definition) is 0. The van der Waals surface area contributed by atoms with E-state index >= 15 is 0 Å². The SMILES string of the molecule is Cc1occc1-c1nnc(SCC(=O)N2CC(C)OC(C)C2)o1. The van der Waals surface area contributed by atoms with Crippen molar-refractivity contribution in [2.24, 2.45) is 0 Å². The number of carbonyl (C=O) groups excluding carboxylic acids is 1. The van der Waals surface area contributed by atoms with Gasteiger partial charge in [0.25, 0.3) is 11.1 Å². The highest BCUT2D eigenvalue weighted by Gasteiger charge is 2.26. The van der Waals surface area contributed by atoms with Crippen molar-refractivity contribution in [1.82, 2.24) is 15.1 Å². The minimum Gasteiger partial charge on any atom is -0.469 e. The van der Waals surface area contributed by atoms with Crippen LogP contribution in [0.4, 0.5) is 0 Å². The van der Waals surface area contributed by atoms with Gasteiger partial charge in [0.2, 0.25) is 5.91 Å². The molecule has 2 aromatic rings. The molecule has 1 aliphatic heterocycles. The van der Waals surface area contributed by atoms with Gasteiger partial charge in [0, 0.05) is 13.1 Å². The molecular formula is C15H19N3O4S. The summed E-state index contributed by atoms with van der Waals surface area (Å²) in [5.74, 6) is 1.44. The van der Waals surface area contributed by atoms with Gasteiger partial charge in [-0.15, -0.1) is 10.2 Å². The van der Waals surface area contributed by atoms with Gasteiger partial charge >= 0.3 is 0 Å². The number of morpholine rings is 1. The van der Waals surface area contributed by atoms with Crippen molar-refractivity contribution < 1.29 is 18.4 Å². The van der Waals surface area contributed by atoms with E-state index in [1.807, 2.05) is 25.7 Å². The van der Waals surface area contributed by atoms with Gasteiger partial charge in [-0.05, 0) is 26.8 Å². The molecule has 124 valence electrons. The second kappa shape index (κ2) is 6.76. The third kappa shape index (κ3) is 3.76. The highest BCUT2D eigenvalue weighted by atomic mass is 32.2. The number of amides is 1. The number of nitrogens with zero attached hydrogens (tertiary/aromatic N) is 3. The van der Waals surface area contributed by atoms with Crippen LogP contribution in [0.1, 0.15) is 19.6 Å². The van der Waals surface area contributed by atoms with Gasteiger partial charge in [0.1, 0.15) is 5.76 Å². The largest absolute Gasteiger partial charge is 0.469 e. The summed E-state index contributed by atoms with van der Waals surface area (Å²) in [6.07, 6.45) is 1.70. The lowest BCUT2D eigenvalue weighted by molar-refractivity contribution is -0.140. The van der Waals surface area contributed by atoms with Gasteiger partial charge in [-0.3, -0.25) is 4.79 Å². The first-order valence-electron chi connectivity index (χ1n) is 7.47. The first-order valence-corrected chi connectivity index (χ1v) is 8.45. The molecule has 0 aliphatic carbocycles. The van der Waals surface area contributed by atoms with Crippen molar-refractivity contribution >= 4 is 17.7 Å². The van der Waals surface area contributed by atoms with Crippen LogP contribution in [0.15, 0.2) is 26.4 Å². The van der Waals surface area contributed by atoms with E-state index in [0.29, 0.717) is 24.2 Å². The van der Waals surface area contributed by atoms with Crippen molar-refractivity contribution in [3.05, 3.63) is 18.1 Å². The van der Waals surface area contributed by atoms with Crippen LogP contribution in [0.3, 0.4) is 0 Å². The molecule has 3 rings (SSSR count). The van der Waals surface area contributed by atoms with Gasteiger partial charge in [-0.1, -0.05) is 11.8 Å². The van der Waals surface area contributed by atoms with Crippen molar-refractivity contribution in [1.29, 1.82) is 0 Å². The number of hydrogen-bond acceptors (Lipinski definition) is 7. The lowest BCUT2D eigenvalue weighted by atomic mass is 10.2. The molecule has 8 heteroatoms. The molecular weight excluding hydrogens is 318 g/mol. The van der Waals surface area contributed by atoms with Crippen LogP contribution in [0.25, 0.3) is 11.5 Å². The molecule has 7 nitrogen and oxygen atoms in total. The Hall–Kier alpha value is -1.80. The Bertz CT molecular complexity index is 674. The number of ether oxygens (including phenoxy) is 1. The lowest BCUT2D eigenvalue weighted by Gasteiger charge is -2.35. The van der Waals surface area contributed by atoms with E-state index in [-0.39, 0.29) is 23.9 Å². The number of aromatic nitrogens is 2. The molecule has 1 amide bonds. The molecule has 0 aromatic carbocycles. The second-order valence-electron chi connectivity index (χ2n) is 5.61. The van der Waals surface area contributed by atoms with E-state index in [1.54, 1.807) is 12.3 Å². The molecule has 1 fully saturated rings. The van der Waals surface area contributed by atoms with Crippen LogP contribution < -0.4 is 0 Å². The summed E-state index contributed by atoms with van der Waals surface area (Å²) in [6.45, 7) is 7.01. The Labute approximate surface area is 138 Å². The predicted octanol–water partition coefficient (Wildman–Crippen LogP) is 2.37. The Morgan fingerprint density at radius 3 is 2.74 bits per heavy atom. The minimum absolute atomic E-state index is 0.0521. The van der Waals surface area contributed by atoms with Gasteiger partial charge in [-0.2, -0.15) is 0 Å². The fourth-order valence-electron chi connectivity index (χ4n) is 2.58. The molecule has 2 unspecified atom stereocenters. The average Bonchev–Trinajstić information content (AvgIpc) is 3.12. The number of carbonyl (C=O) groups is 1. The maximum absolute atomic E-state index is 12.3. The first kappa shape index (κ1) is 16.1. The van der Waals surface area contributed by atoms with Gasteiger partial charge in [-0.25, -0.2) is 0 Å². The summed E-state index contributed by atoms with van der Waals surface area (Å²) in [4.78, 5) is 14.1. The zero-order valence-electron chi connectivity index (χ0n) is 13.3. The third-order valence-electron chi connectivity index (χ3n) is 3.59. The second-order valence-corrected chi connectivity index (χ2v) is 6.53. The number of aryl methyl sites for hydroxylation is 1. The molecule has 2 atom stereocenters. The summed E-state index contributed by atoms with van der Waals surface area (Å²) >= 11 is 1.25. The molecule has 23 heavy (non-hydrogen) atoms. The van der Waals surface area contributed by atoms with Crippen molar-refractivity contribution in [2.45, 2.75) is 38.2 Å². The predicted molar refractivity (Wildman–Crippen MR) is 84.1 cm³/mol. The Kier molecular flexibility index (Phi) is 4.72. The highest BCUT2D eigenvalue weighted by molar-refractivity contribution is 7.99. The fraction of sp³-hybridized carbons (Fsp3) is 0.533. The standard InChI is InChI=1S/C15H19N3O4S/c1-9-6-18(7-10(2)21-9)13(19)8-23-15-17-16-14(22-15)12-4-5-20-11(12)3/h4-5,9-10H,6-8H2,1-3H3. The normalized spacial score (nSPS) is 21.6. The molecule has 1 saturated heterocycles. The van der Waals surface area contributed by atoms with Gasteiger partial charge < -0.3 is 18.5 Å². The summed E-state index contributed by atoms with van der Waals surface area (Å²) < 4.78 is 16.4. The number of furan rings is 1. The van der Waals surface area contributed by atoms with Crippen LogP contribution in [0.2, 0.25) is 0 Å². The first-order chi connectivity index (χ1) is 11.0. The van der Waals surface area contributed by atoms with E-state index in [9.17, 15) is 4.79 Å². The maximum Gasteiger partial charge on any atom is 0.277 e. The zero-order chi connectivity index (χ0) is 16.4. The van der Waals surface area contributed by atoms with Gasteiger partial charge in [0.15, 0.2) is 0 Å². The monoisotopic (exact) mass is 337 g/mol. The Morgan fingerprint density at radius 2 is 2.09 bits per heavy atom. The Balaban J connectivity index is 1.57. The molecule has 0 saturated carbocycles. The molecule has 1 aliphatic rings. The molecule has 2 aromatic heterocycles. The maximum atomic E-state index is 12.3. The lowest BCUT2D eigenvalue weighted by Crippen LogP contribution is -2.48. The minimum atomic E-state index is 0.0521. The van der Waals surface area contributed by atoms with E-state index < -0.39 is 0 Å². The number of thioether (sulfide) groups is 1. The topological polar surface area (TPSA) is 81.6 Å². The molecule has 0 bridgehead atoms. The highest BCUT2D eigenvalue weighted by Crippen LogP contribution is 2.26. The molecule has 3 heterocycles. The smallest absolute Gasteiger partial charge is 0.277 e. The third-order valence-corrected chi connectivity index (χ3v) is 4.39. The van der Waals surface area contributed by atoms with Gasteiger partial charge in [0.05, 0.1) is 29.8 Å². The van der Waals surface area contributed by atoms with E-state index in [0.717, 1.165) is 11.3 Å². The zero-order valence-corrected chi connectivity index (χ0v) is 14.1. The summed E-state index contributed by atoms with van der Waals surface area (Å²) in [7, 11) is 0. The number of rotatable bonds is 4. The molecule has 0 radical (unpaired) electrons. The van der Waals surface area contributed by atoms with Crippen molar-refractivity contribution in [3.63, 3.8) is 0 Å². The molecule has 0 N–H and O–H groups in total. The van der Waals surface area contributed by atoms with Crippen molar-refractivity contribution in [2.75, 3.05) is 18.8 Å². The average molecular weight is 337 g/mol. The van der Waals surface area contributed by atoms with Crippen LogP contribution in [-0.4, -0.2) is 52.1 Å². The van der Waals surface area contributed by atoms with Crippen LogP contribution >= 0.6 is 11.8 Å². The van der Waals surface area contributed by atoms with Crippen molar-refractivity contribution in [3.8, 4) is 11.5 Å². The van der Waals surface area contributed by atoms with Crippen LogP contribution in [-0.2, 0) is 9.53 Å². The Morgan fingerprint density at radius 1 is 1.35 bits per heavy atom. The van der Waals surface area contributed by atoms with Crippen LogP contribution in [0.5, 0.6) is 0 Å². The molecule has 0 spiro atoms. The summed E-state index contributed by atoms with van der Waals surface area (Å²) in [5, 5.41) is 8.34. The van der Waals surface area contributed by atoms with E-state index in [2.05, 4.69) is 10.2 Å². The van der Waals surface area contributed by atoms with E-state index in [4.69, 9.17) is 13.6 Å². The quantitative estimate of drug-likeness (QED) is 0.792. The fourth-order valence-corrected chi connectivity index (χ4v) is 3.25. The summed E-state index contributed by atoms with van der Waals surface area (Å²) in [5.41, 5.74) is 0.770. The summed E-state index contributed by atoms with van der Waals surface area (Å²) in [6, 6.07) is 1.78. The van der Waals surface area contributed by atoms with Crippen LogP contribution in [0, 0.1) is 6.92 Å². The van der Waals surface area contributed by atoms with E-state index in [1.165, 1.54) is 11.8 Å².